The van der Waals surface area contributed by atoms with E-state index in [0.29, 0.717) is 6.42 Å². The molecule has 0 aliphatic rings. The van der Waals surface area contributed by atoms with E-state index in [-0.39, 0.29) is 12.4 Å². The summed E-state index contributed by atoms with van der Waals surface area (Å²) in [7, 11) is 0. The lowest BCUT2D eigenvalue weighted by Crippen LogP contribution is -3.00. The van der Waals surface area contributed by atoms with Crippen LogP contribution >= 0.6 is 0 Å². The molecule has 0 spiro atoms. The fraction of sp³-hybridized carbons (Fsp3) is 0.833. The van der Waals surface area contributed by atoms with E-state index < -0.39 is 12.1 Å². The van der Waals surface area contributed by atoms with Gasteiger partial charge in [-0.05, 0) is 32.1 Å². The molecular formula is C18H36ClNO3. The Labute approximate surface area is 148 Å². The first-order chi connectivity index (χ1) is 10.7. The summed E-state index contributed by atoms with van der Waals surface area (Å²) in [4.78, 5) is 15.2. The Morgan fingerprint density at radius 3 is 1.96 bits per heavy atom. The van der Waals surface area contributed by atoms with E-state index in [2.05, 4.69) is 29.8 Å². The zero-order valence-electron chi connectivity index (χ0n) is 14.8. The van der Waals surface area contributed by atoms with E-state index >= 15 is 0 Å². The molecule has 0 aromatic rings. The molecule has 0 amide bonds. The van der Waals surface area contributed by atoms with Crippen LogP contribution in [-0.4, -0.2) is 17.2 Å². The molecule has 4 N–H and O–H groups in total. The summed E-state index contributed by atoms with van der Waals surface area (Å²) in [5.41, 5.74) is 0. The van der Waals surface area contributed by atoms with Crippen LogP contribution < -0.4 is 18.3 Å². The van der Waals surface area contributed by atoms with Gasteiger partial charge in [0.15, 0.2) is 6.10 Å². The fourth-order valence-electron chi connectivity index (χ4n) is 2.45. The van der Waals surface area contributed by atoms with Crippen LogP contribution in [-0.2, 0) is 9.63 Å². The molecule has 1 atom stereocenters. The Balaban J connectivity index is 0. The molecule has 0 bridgehead atoms. The summed E-state index contributed by atoms with van der Waals surface area (Å²) in [6.07, 6.45) is 18.8. The predicted octanol–water partition coefficient (Wildman–Crippen LogP) is 0.699. The van der Waals surface area contributed by atoms with Crippen LogP contribution in [0.15, 0.2) is 12.2 Å². The third-order valence-electron chi connectivity index (χ3n) is 3.90. The van der Waals surface area contributed by atoms with Crippen molar-refractivity contribution in [3.8, 4) is 0 Å². The number of aliphatic hydroxyl groups excluding tert-OH is 1. The highest BCUT2D eigenvalue weighted by Crippen LogP contribution is 2.10. The van der Waals surface area contributed by atoms with Gasteiger partial charge in [0.1, 0.15) is 0 Å². The van der Waals surface area contributed by atoms with E-state index in [1.54, 1.807) is 0 Å². The SMILES string of the molecule is CCCCCCCC/C=C\CCCCCCC(O)C(=O)O[NH3+].[Cl-]. The van der Waals surface area contributed by atoms with Gasteiger partial charge in [-0.15, -0.1) is 0 Å². The van der Waals surface area contributed by atoms with Gasteiger partial charge >= 0.3 is 5.97 Å². The molecule has 5 heteroatoms. The largest absolute Gasteiger partial charge is 1.00 e. The Bertz CT molecular complexity index is 285. The van der Waals surface area contributed by atoms with Crippen molar-refractivity contribution in [3.63, 3.8) is 0 Å². The zero-order chi connectivity index (χ0) is 16.5. The molecule has 138 valence electrons. The number of hydrogen-bond acceptors (Lipinski definition) is 3. The molecule has 0 rings (SSSR count). The molecule has 0 aromatic carbocycles. The second kappa shape index (κ2) is 19.5. The van der Waals surface area contributed by atoms with Gasteiger partial charge in [-0.1, -0.05) is 70.4 Å². The highest BCUT2D eigenvalue weighted by molar-refractivity contribution is 5.73. The standard InChI is InChI=1S/C18H36NO3.ClH/c1-2-3-4-5-6-7-8-9-10-11-12-13-14-15-16-17(20)18(21)22-19;/h9-10,17,20H,2-8,11-16H2,1,19H3;1H/q+1;/p-1/b10-9-;. The number of rotatable bonds is 15. The molecule has 0 heterocycles. The summed E-state index contributed by atoms with van der Waals surface area (Å²) in [6, 6.07) is 0. The van der Waals surface area contributed by atoms with Gasteiger partial charge in [-0.3, -0.25) is 4.84 Å². The Hall–Kier alpha value is -0.580. The number of halogens is 1. The maximum Gasteiger partial charge on any atom is 0.394 e. The second-order valence-electron chi connectivity index (χ2n) is 6.00. The molecule has 0 fully saturated rings. The van der Waals surface area contributed by atoms with Crippen LogP contribution in [0.1, 0.15) is 90.4 Å². The molecule has 23 heavy (non-hydrogen) atoms. The van der Waals surface area contributed by atoms with Crippen molar-refractivity contribution in [2.45, 2.75) is 96.5 Å². The van der Waals surface area contributed by atoms with Gasteiger partial charge in [-0.25, -0.2) is 4.79 Å². The Morgan fingerprint density at radius 1 is 0.957 bits per heavy atom. The minimum atomic E-state index is -1.00. The Kier molecular flexibility index (Phi) is 20.9. The minimum Gasteiger partial charge on any atom is -1.00 e. The maximum atomic E-state index is 10.9. The second-order valence-corrected chi connectivity index (χ2v) is 6.00. The van der Waals surface area contributed by atoms with Crippen molar-refractivity contribution in [2.24, 2.45) is 0 Å². The number of hydrogen-bond donors (Lipinski definition) is 2. The minimum absolute atomic E-state index is 0. The van der Waals surface area contributed by atoms with Crippen molar-refractivity contribution in [3.05, 3.63) is 12.2 Å². The number of quaternary nitrogens is 1. The molecule has 0 aliphatic heterocycles. The smallest absolute Gasteiger partial charge is 0.394 e. The molecular weight excluding hydrogens is 314 g/mol. The molecule has 0 saturated heterocycles. The first kappa shape index (κ1) is 24.7. The number of carbonyl (C=O) groups is 1. The average Bonchev–Trinajstić information content (AvgIpc) is 2.54. The lowest BCUT2D eigenvalue weighted by molar-refractivity contribution is -0.658. The first-order valence-electron chi connectivity index (χ1n) is 9.01. The molecule has 0 saturated carbocycles. The topological polar surface area (TPSA) is 74.2 Å². The van der Waals surface area contributed by atoms with E-state index in [1.807, 2.05) is 0 Å². The van der Waals surface area contributed by atoms with Crippen LogP contribution in [0.4, 0.5) is 0 Å². The fourth-order valence-corrected chi connectivity index (χ4v) is 2.45. The molecule has 0 aromatic heterocycles. The van der Waals surface area contributed by atoms with Gasteiger partial charge in [0, 0.05) is 0 Å². The summed E-state index contributed by atoms with van der Waals surface area (Å²) < 4.78 is 0. The lowest BCUT2D eigenvalue weighted by Gasteiger charge is -2.05. The summed E-state index contributed by atoms with van der Waals surface area (Å²) in [6.45, 7) is 2.25. The van der Waals surface area contributed by atoms with Crippen molar-refractivity contribution in [1.29, 1.82) is 0 Å². The third kappa shape index (κ3) is 17.6. The summed E-state index contributed by atoms with van der Waals surface area (Å²) >= 11 is 0. The van der Waals surface area contributed by atoms with Gasteiger partial charge in [0.25, 0.3) is 0 Å². The first-order valence-corrected chi connectivity index (χ1v) is 9.01. The van der Waals surface area contributed by atoms with E-state index in [9.17, 15) is 9.90 Å². The highest BCUT2D eigenvalue weighted by atomic mass is 35.5. The van der Waals surface area contributed by atoms with Gasteiger partial charge in [0.05, 0.1) is 0 Å². The highest BCUT2D eigenvalue weighted by Gasteiger charge is 2.16. The van der Waals surface area contributed by atoms with Crippen molar-refractivity contribution in [2.75, 3.05) is 0 Å². The third-order valence-corrected chi connectivity index (χ3v) is 3.90. The van der Waals surface area contributed by atoms with E-state index in [0.717, 1.165) is 25.7 Å². The molecule has 0 radical (unpaired) electrons. The number of aliphatic hydroxyl groups is 1. The van der Waals surface area contributed by atoms with E-state index in [4.69, 9.17) is 0 Å². The maximum absolute atomic E-state index is 10.9. The quantitative estimate of drug-likeness (QED) is 0.259. The van der Waals surface area contributed by atoms with Gasteiger partial charge < -0.3 is 17.5 Å². The summed E-state index contributed by atoms with van der Waals surface area (Å²) in [5, 5.41) is 9.38. The average molecular weight is 350 g/mol. The zero-order valence-corrected chi connectivity index (χ0v) is 15.5. The lowest BCUT2D eigenvalue weighted by atomic mass is 10.1. The van der Waals surface area contributed by atoms with Crippen molar-refractivity contribution < 1.29 is 33.0 Å². The molecule has 0 aliphatic carbocycles. The number of allylic oxidation sites excluding steroid dienone is 2. The Morgan fingerprint density at radius 2 is 1.43 bits per heavy atom. The monoisotopic (exact) mass is 349 g/mol. The van der Waals surface area contributed by atoms with Crippen LogP contribution in [0.3, 0.4) is 0 Å². The predicted molar refractivity (Wildman–Crippen MR) is 89.8 cm³/mol. The van der Waals surface area contributed by atoms with Gasteiger partial charge in [0.2, 0.25) is 0 Å². The van der Waals surface area contributed by atoms with Crippen molar-refractivity contribution in [1.82, 2.24) is 0 Å². The van der Waals surface area contributed by atoms with Crippen LogP contribution in [0.5, 0.6) is 0 Å². The summed E-state index contributed by atoms with van der Waals surface area (Å²) in [5.74, 6) is 2.38. The molecule has 4 nitrogen and oxygen atoms in total. The number of unbranched alkanes of at least 4 members (excludes halogenated alkanes) is 10. The van der Waals surface area contributed by atoms with Crippen LogP contribution in [0, 0.1) is 0 Å². The van der Waals surface area contributed by atoms with Crippen molar-refractivity contribution >= 4 is 5.97 Å². The van der Waals surface area contributed by atoms with E-state index in [1.165, 1.54) is 51.4 Å². The van der Waals surface area contributed by atoms with Gasteiger partial charge in [-0.2, -0.15) is 5.90 Å². The van der Waals surface area contributed by atoms with Crippen LogP contribution in [0.25, 0.3) is 0 Å². The molecule has 1 unspecified atom stereocenters. The number of carbonyl (C=O) groups excluding carboxylic acids is 1. The van der Waals surface area contributed by atoms with Crippen LogP contribution in [0.2, 0.25) is 0 Å². The normalized spacial score (nSPS) is 12.1.